The van der Waals surface area contributed by atoms with Gasteiger partial charge in [0.2, 0.25) is 0 Å². The summed E-state index contributed by atoms with van der Waals surface area (Å²) >= 11 is 0.795. The predicted octanol–water partition coefficient (Wildman–Crippen LogP) is 2.23. The van der Waals surface area contributed by atoms with Crippen molar-refractivity contribution in [1.82, 2.24) is 0 Å². The zero-order valence-corrected chi connectivity index (χ0v) is 15.2. The Labute approximate surface area is 157 Å². The predicted molar refractivity (Wildman–Crippen MR) is 90.9 cm³/mol. The van der Waals surface area contributed by atoms with E-state index in [1.54, 1.807) is 0 Å². The fraction of sp³-hybridized carbons (Fsp3) is 0.200. The van der Waals surface area contributed by atoms with E-state index in [1.165, 1.54) is 25.1 Å². The number of halogens is 3. The number of alkyl halides is 3. The number of primary amides is 1. The van der Waals surface area contributed by atoms with Crippen molar-refractivity contribution in [2.75, 3.05) is 5.32 Å². The van der Waals surface area contributed by atoms with Gasteiger partial charge < -0.3 is 20.9 Å². The molecular weight excluding hydrogens is 409 g/mol. The molecule has 0 aliphatic heterocycles. The second kappa shape index (κ2) is 8.06. The molecule has 1 heterocycles. The first-order valence-electron chi connectivity index (χ1n) is 7.18. The van der Waals surface area contributed by atoms with Crippen molar-refractivity contribution in [3.8, 4) is 5.75 Å². The number of thiophene rings is 1. The van der Waals surface area contributed by atoms with Crippen LogP contribution < -0.4 is 15.8 Å². The SMILES string of the molecule is C[C@H](O)C(=O)Nc1sc(S(=O)c2ccc(OC(F)(F)F)cc2)cc1C(N)=O. The molecule has 2 rings (SSSR count). The van der Waals surface area contributed by atoms with Crippen LogP contribution in [0.15, 0.2) is 39.4 Å². The highest BCUT2D eigenvalue weighted by molar-refractivity contribution is 7.87. The number of nitrogens with two attached hydrogens (primary N) is 1. The first kappa shape index (κ1) is 20.9. The third-order valence-electron chi connectivity index (χ3n) is 3.05. The lowest BCUT2D eigenvalue weighted by Gasteiger charge is -2.08. The Morgan fingerprint density at radius 1 is 1.30 bits per heavy atom. The summed E-state index contributed by atoms with van der Waals surface area (Å²) in [6.07, 6.45) is -6.19. The van der Waals surface area contributed by atoms with Gasteiger partial charge in [0.15, 0.2) is 0 Å². The third kappa shape index (κ3) is 5.52. The lowest BCUT2D eigenvalue weighted by atomic mass is 10.3. The van der Waals surface area contributed by atoms with Gasteiger partial charge in [0.05, 0.1) is 20.6 Å². The fourth-order valence-electron chi connectivity index (χ4n) is 1.83. The quantitative estimate of drug-likeness (QED) is 0.660. The van der Waals surface area contributed by atoms with E-state index in [0.29, 0.717) is 0 Å². The molecule has 7 nitrogen and oxygen atoms in total. The smallest absolute Gasteiger partial charge is 0.406 e. The van der Waals surface area contributed by atoms with Gasteiger partial charge in [-0.25, -0.2) is 4.21 Å². The zero-order valence-electron chi connectivity index (χ0n) is 13.6. The van der Waals surface area contributed by atoms with E-state index in [4.69, 9.17) is 5.73 Å². The molecule has 0 saturated carbocycles. The minimum absolute atomic E-state index is 0.00812. The van der Waals surface area contributed by atoms with Crippen LogP contribution in [0.25, 0.3) is 0 Å². The van der Waals surface area contributed by atoms with Crippen molar-refractivity contribution in [3.05, 3.63) is 35.9 Å². The minimum atomic E-state index is -4.85. The summed E-state index contributed by atoms with van der Waals surface area (Å²) in [5.41, 5.74) is 5.13. The molecule has 2 aromatic rings. The summed E-state index contributed by atoms with van der Waals surface area (Å²) < 4.78 is 53.0. The summed E-state index contributed by atoms with van der Waals surface area (Å²) in [6.45, 7) is 1.22. The van der Waals surface area contributed by atoms with Gasteiger partial charge in [0.1, 0.15) is 16.9 Å². The van der Waals surface area contributed by atoms with Gasteiger partial charge in [-0.2, -0.15) is 0 Å². The molecule has 146 valence electrons. The van der Waals surface area contributed by atoms with Crippen molar-refractivity contribution < 1.29 is 36.8 Å². The molecule has 1 aromatic carbocycles. The largest absolute Gasteiger partial charge is 0.573 e. The van der Waals surface area contributed by atoms with E-state index in [2.05, 4.69) is 10.1 Å². The lowest BCUT2D eigenvalue weighted by molar-refractivity contribution is -0.274. The van der Waals surface area contributed by atoms with Gasteiger partial charge in [-0.05, 0) is 37.3 Å². The molecule has 1 aromatic heterocycles. The van der Waals surface area contributed by atoms with E-state index in [-0.39, 0.29) is 19.7 Å². The average Bonchev–Trinajstić information content (AvgIpc) is 2.97. The highest BCUT2D eigenvalue weighted by Gasteiger charge is 2.31. The van der Waals surface area contributed by atoms with Crippen molar-refractivity contribution >= 4 is 39.0 Å². The van der Waals surface area contributed by atoms with Crippen LogP contribution in [0.4, 0.5) is 18.2 Å². The van der Waals surface area contributed by atoms with E-state index in [1.807, 2.05) is 0 Å². The molecule has 4 N–H and O–H groups in total. The van der Waals surface area contributed by atoms with Crippen LogP contribution >= 0.6 is 11.3 Å². The molecule has 1 unspecified atom stereocenters. The van der Waals surface area contributed by atoms with E-state index >= 15 is 0 Å². The Hall–Kier alpha value is -2.44. The number of nitrogens with one attached hydrogen (secondary N) is 1. The molecule has 0 radical (unpaired) electrons. The number of anilines is 1. The van der Waals surface area contributed by atoms with Crippen LogP contribution in [0.5, 0.6) is 5.75 Å². The maximum absolute atomic E-state index is 12.6. The van der Waals surface area contributed by atoms with Gasteiger partial charge in [0.25, 0.3) is 11.8 Å². The zero-order chi connectivity index (χ0) is 20.4. The number of hydrogen-bond acceptors (Lipinski definition) is 6. The Morgan fingerprint density at radius 3 is 2.37 bits per heavy atom. The van der Waals surface area contributed by atoms with Crippen LogP contribution in [0, 0.1) is 0 Å². The summed E-state index contributed by atoms with van der Waals surface area (Å²) in [6, 6.07) is 5.56. The maximum Gasteiger partial charge on any atom is 0.573 e. The second-order valence-electron chi connectivity index (χ2n) is 5.13. The summed E-state index contributed by atoms with van der Waals surface area (Å²) in [5.74, 6) is -2.15. The summed E-state index contributed by atoms with van der Waals surface area (Å²) in [4.78, 5) is 23.3. The first-order valence-corrected chi connectivity index (χ1v) is 9.14. The summed E-state index contributed by atoms with van der Waals surface area (Å²) in [5, 5.41) is 11.5. The van der Waals surface area contributed by atoms with Gasteiger partial charge in [-0.15, -0.1) is 24.5 Å². The number of ether oxygens (including phenoxy) is 1. The third-order valence-corrected chi connectivity index (χ3v) is 5.78. The monoisotopic (exact) mass is 422 g/mol. The van der Waals surface area contributed by atoms with Crippen molar-refractivity contribution in [1.29, 1.82) is 0 Å². The normalized spacial score (nSPS) is 13.7. The number of rotatable bonds is 6. The molecule has 0 spiro atoms. The Morgan fingerprint density at radius 2 is 1.89 bits per heavy atom. The van der Waals surface area contributed by atoms with E-state index < -0.39 is 40.8 Å². The van der Waals surface area contributed by atoms with Crippen molar-refractivity contribution in [2.45, 2.75) is 28.5 Å². The van der Waals surface area contributed by atoms with Crippen LogP contribution in [-0.4, -0.2) is 33.6 Å². The molecule has 0 aliphatic carbocycles. The fourth-order valence-corrected chi connectivity index (χ4v) is 4.31. The standard InChI is InChI=1S/C15H13F3N2O5S2/c1-7(21)13(23)20-14-10(12(19)22)6-11(26-14)27(24)9-4-2-8(3-5-9)25-15(16,17)18/h2-7,21H,1H3,(H2,19,22)(H,20,23)/t7-,27?/m0/s1. The first-order chi connectivity index (χ1) is 12.5. The van der Waals surface area contributed by atoms with Crippen molar-refractivity contribution in [2.24, 2.45) is 5.73 Å². The van der Waals surface area contributed by atoms with Crippen LogP contribution in [0.1, 0.15) is 17.3 Å². The van der Waals surface area contributed by atoms with Crippen LogP contribution in [0.3, 0.4) is 0 Å². The minimum Gasteiger partial charge on any atom is -0.406 e. The number of benzene rings is 1. The molecule has 27 heavy (non-hydrogen) atoms. The lowest BCUT2D eigenvalue weighted by Crippen LogP contribution is -2.25. The van der Waals surface area contributed by atoms with E-state index in [9.17, 15) is 32.1 Å². The van der Waals surface area contributed by atoms with Gasteiger partial charge in [0, 0.05) is 4.90 Å². The number of carbonyl (C=O) groups excluding carboxylic acids is 2. The molecule has 12 heteroatoms. The van der Waals surface area contributed by atoms with Crippen LogP contribution in [0.2, 0.25) is 0 Å². The second-order valence-corrected chi connectivity index (χ2v) is 7.88. The number of carbonyl (C=O) groups is 2. The van der Waals surface area contributed by atoms with Gasteiger partial charge >= 0.3 is 6.36 Å². The Kier molecular flexibility index (Phi) is 6.23. The van der Waals surface area contributed by atoms with Crippen LogP contribution in [-0.2, 0) is 15.6 Å². The molecule has 0 aliphatic rings. The average molecular weight is 422 g/mol. The molecule has 2 amide bonds. The molecular formula is C15H13F3N2O5S2. The Balaban J connectivity index is 2.28. The summed E-state index contributed by atoms with van der Waals surface area (Å²) in [7, 11) is -1.85. The molecule has 2 atom stereocenters. The van der Waals surface area contributed by atoms with Gasteiger partial charge in [-0.1, -0.05) is 0 Å². The van der Waals surface area contributed by atoms with E-state index in [0.717, 1.165) is 23.5 Å². The molecule has 0 fully saturated rings. The number of aliphatic hydroxyl groups excluding tert-OH is 1. The molecule has 0 saturated heterocycles. The number of hydrogen-bond donors (Lipinski definition) is 3. The highest BCUT2D eigenvalue weighted by Crippen LogP contribution is 2.33. The maximum atomic E-state index is 12.6. The topological polar surface area (TPSA) is 119 Å². The van der Waals surface area contributed by atoms with Crippen molar-refractivity contribution in [3.63, 3.8) is 0 Å². The number of aliphatic hydroxyl groups is 1. The Bertz CT molecular complexity index is 879. The van der Waals surface area contributed by atoms with Gasteiger partial charge in [-0.3, -0.25) is 9.59 Å². The number of amides is 2. The molecule has 0 bridgehead atoms. The highest BCUT2D eigenvalue weighted by atomic mass is 32.2.